The van der Waals surface area contributed by atoms with Crippen LogP contribution in [0.3, 0.4) is 0 Å². The molecule has 17 rings (SSSR count). The van der Waals surface area contributed by atoms with Gasteiger partial charge in [-0.05, 0) is 242 Å². The highest BCUT2D eigenvalue weighted by atomic mass is 14.8. The van der Waals surface area contributed by atoms with Crippen LogP contribution >= 0.6 is 0 Å². The lowest BCUT2D eigenvalue weighted by atomic mass is 9.78. The highest BCUT2D eigenvalue weighted by Gasteiger charge is 2.31. The molecule has 7 aromatic carbocycles. The maximum Gasteiger partial charge on any atom is 0.164 e. The maximum absolute atomic E-state index is 5.81. The summed E-state index contributed by atoms with van der Waals surface area (Å²) in [6.07, 6.45) is 17.3. The molecule has 4 N–H and O–H groups in total. The highest BCUT2D eigenvalue weighted by Crippen LogP contribution is 2.46. The monoisotopic (exact) mass is 1680 g/mol. The van der Waals surface area contributed by atoms with Crippen LogP contribution < -0.4 is 0 Å². The van der Waals surface area contributed by atoms with E-state index in [1.54, 1.807) is 0 Å². The molecule has 10 heterocycles. The van der Waals surface area contributed by atoms with E-state index in [0.29, 0.717) is 28.4 Å². The van der Waals surface area contributed by atoms with Crippen LogP contribution in [0.25, 0.3) is 160 Å². The molecule has 642 valence electrons. The van der Waals surface area contributed by atoms with Crippen molar-refractivity contribution in [2.45, 2.75) is 209 Å². The largest absolute Gasteiger partial charge is 0.354 e. The van der Waals surface area contributed by atoms with Crippen molar-refractivity contribution in [1.29, 1.82) is 0 Å². The van der Waals surface area contributed by atoms with Gasteiger partial charge in [0.2, 0.25) is 0 Å². The number of H-pyrrole nitrogens is 4. The van der Waals surface area contributed by atoms with E-state index in [4.69, 9.17) is 19.9 Å². The minimum Gasteiger partial charge on any atom is -0.354 e. The average Bonchev–Trinajstić information content (AvgIpc) is 1.57. The summed E-state index contributed by atoms with van der Waals surface area (Å²) in [6.45, 7) is 55.1. The van der Waals surface area contributed by atoms with Crippen molar-refractivity contribution in [3.05, 3.63) is 325 Å². The average molecular weight is 1690 g/mol. The van der Waals surface area contributed by atoms with Crippen molar-refractivity contribution in [3.63, 3.8) is 0 Å². The van der Waals surface area contributed by atoms with Crippen molar-refractivity contribution >= 4 is 92.7 Å². The molecule has 13 aromatic rings. The van der Waals surface area contributed by atoms with Crippen molar-refractivity contribution < 1.29 is 0 Å². The van der Waals surface area contributed by atoms with Gasteiger partial charge in [-0.25, -0.2) is 19.9 Å². The van der Waals surface area contributed by atoms with Crippen LogP contribution in [-0.2, 0) is 43.3 Å². The zero-order valence-corrected chi connectivity index (χ0v) is 79.6. The van der Waals surface area contributed by atoms with Gasteiger partial charge in [0.05, 0.1) is 73.6 Å². The second-order valence-electron chi connectivity index (χ2n) is 43.4. The summed E-state index contributed by atoms with van der Waals surface area (Å²) >= 11 is 0. The molecule has 0 fully saturated rings. The lowest BCUT2D eigenvalue weighted by Gasteiger charge is -2.26. The first kappa shape index (κ1) is 87.4. The third-order valence-electron chi connectivity index (χ3n) is 25.3. The number of aromatic amines is 4. The van der Waals surface area contributed by atoms with Crippen LogP contribution in [0, 0.1) is 41.4 Å². The van der Waals surface area contributed by atoms with Crippen molar-refractivity contribution in [3.8, 4) is 102 Å². The first-order valence-corrected chi connectivity index (χ1v) is 45.5. The Labute approximate surface area is 764 Å². The summed E-state index contributed by atoms with van der Waals surface area (Å²) in [7, 11) is 0. The Morgan fingerprint density at radius 3 is 0.690 bits per heavy atom. The summed E-state index contributed by atoms with van der Waals surface area (Å²) < 4.78 is 0. The molecule has 0 radical (unpaired) electrons. The summed E-state index contributed by atoms with van der Waals surface area (Å²) in [5.74, 6) is 22.3. The molecule has 16 bridgehead atoms. The van der Waals surface area contributed by atoms with Gasteiger partial charge in [0.1, 0.15) is 5.56 Å². The van der Waals surface area contributed by atoms with Crippen LogP contribution in [0.5, 0.6) is 0 Å². The Kier molecular flexibility index (Phi) is 22.3. The number of fused-ring (bicyclic) bond motifs is 16. The third-order valence-corrected chi connectivity index (χ3v) is 25.3. The Morgan fingerprint density at radius 1 is 0.209 bits per heavy atom. The minimum atomic E-state index is -0.171. The van der Waals surface area contributed by atoms with E-state index in [1.165, 1.54) is 44.5 Å². The molecule has 0 amide bonds. The first-order chi connectivity index (χ1) is 60.9. The molecule has 0 saturated heterocycles. The van der Waals surface area contributed by atoms with E-state index < -0.39 is 0 Å². The third kappa shape index (κ3) is 18.1. The van der Waals surface area contributed by atoms with E-state index in [0.717, 1.165) is 151 Å². The molecule has 0 saturated carbocycles. The number of aromatic nitrogens is 8. The Morgan fingerprint density at radius 2 is 0.426 bits per heavy atom. The fraction of sp³-hybridized carbons (Fsp3) is 0.264. The molecular weight excluding hydrogens is 1570 g/mol. The zero-order chi connectivity index (χ0) is 91.4. The van der Waals surface area contributed by atoms with Gasteiger partial charge >= 0.3 is 0 Å². The van der Waals surface area contributed by atoms with Crippen molar-refractivity contribution in [2.75, 3.05) is 0 Å². The van der Waals surface area contributed by atoms with Crippen molar-refractivity contribution in [2.24, 2.45) is 0 Å². The summed E-state index contributed by atoms with van der Waals surface area (Å²) in [5.41, 5.74) is 36.3. The van der Waals surface area contributed by atoms with E-state index in [1.807, 2.05) is 18.2 Å². The van der Waals surface area contributed by atoms with E-state index in [9.17, 15) is 0 Å². The predicted molar refractivity (Wildman–Crippen MR) is 550 cm³/mol. The number of hydrogen-bond acceptors (Lipinski definition) is 4. The molecule has 129 heavy (non-hydrogen) atoms. The van der Waals surface area contributed by atoms with E-state index in [2.05, 4.69) is 464 Å². The highest BCUT2D eigenvalue weighted by molar-refractivity contribution is 6.02. The Bertz CT molecular complexity index is 7130. The lowest BCUT2D eigenvalue weighted by Crippen LogP contribution is -2.16. The lowest BCUT2D eigenvalue weighted by molar-refractivity contribution is 0.568. The van der Waals surface area contributed by atoms with Crippen molar-refractivity contribution in [1.82, 2.24) is 39.9 Å². The maximum atomic E-state index is 5.81. The first-order valence-electron chi connectivity index (χ1n) is 45.5. The zero-order valence-electron chi connectivity index (χ0n) is 79.6. The van der Waals surface area contributed by atoms with Gasteiger partial charge in [-0.3, -0.25) is 0 Å². The van der Waals surface area contributed by atoms with Gasteiger partial charge in [-0.15, -0.1) is 0 Å². The fourth-order valence-electron chi connectivity index (χ4n) is 17.4. The van der Waals surface area contributed by atoms with Crippen LogP contribution in [0.1, 0.15) is 273 Å². The van der Waals surface area contributed by atoms with Crippen LogP contribution in [-0.4, -0.2) is 39.9 Å². The Balaban J connectivity index is 0.934. The number of hydrogen-bond donors (Lipinski definition) is 4. The SMILES string of the molecule is CC(C)(C)c1cc(-c2c3nc(c(-c4ccccc4)c4ccc([nH]4)c(-c4cc(C(C)(C)C)cc(C(C)(C)C)c4)c4nc(c(C#CC#C[C+](C#Cc5c6nc(c(-c7cc(C(C)(C)C)cc(C(C)(C)C)c7)c7ccc([nH]7)c(-c7ccccc7)c7nc(c(-c8cc(C(C)(C)C)cc(C(C)(C)C)c8)c8ccc5[nH]8)C=C7)C=C6)c5ccccc5)c5ccc2[nH]5)C=C4)C=C3)cc(C(C)(C)C)c1. The second kappa shape index (κ2) is 32.9. The molecule has 8 heteroatoms. The van der Waals surface area contributed by atoms with Gasteiger partial charge in [0.15, 0.2) is 5.92 Å². The standard InChI is InChI=1S/C121H119N8/c1-114(2,3)82-62-78(63-83(70-82)115(4,5)6)110-100-50-46-92(122-100)90(93-47-51-101(123-93)111(79-64-84(116(7,8)9)71-85(65-79)117(10,11)12)105-59-55-97(127-105)108(76-39-30-26-31-40-76)96-54-58-104(110)126-96)43-35-34-38-75(74-36-28-25-29-37-74)44-45-91-94-48-52-102(124-94)112(80-66-86(118(13,14)15)72-87(67-80)119(16,17)18)106-60-56-98(128-106)109(77-41-32-27-33-42-77)99-57-61-107(129-99)113(103-53-49-95(91)125-103)81-68-88(120(19,20)21)73-89(69-81)121(22,23)24/h25-33,36-37,39-42,46-73,122,124,127,129H,1-24H3/q+1. The predicted octanol–water partition coefficient (Wildman–Crippen LogP) is 31.0. The smallest absolute Gasteiger partial charge is 0.164 e. The molecular formula is C121H119N8+. The second-order valence-corrected chi connectivity index (χ2v) is 43.4. The summed E-state index contributed by atoms with van der Waals surface area (Å²) in [4.78, 5) is 39.2. The van der Waals surface area contributed by atoms with Crippen LogP contribution in [0.15, 0.2) is 212 Å². The van der Waals surface area contributed by atoms with Gasteiger partial charge < -0.3 is 19.9 Å². The fourth-order valence-corrected chi connectivity index (χ4v) is 17.4. The van der Waals surface area contributed by atoms with E-state index >= 15 is 0 Å². The summed E-state index contributed by atoms with van der Waals surface area (Å²) in [6, 6.07) is 77.5. The number of nitrogens with zero attached hydrogens (tertiary/aromatic N) is 4. The number of rotatable bonds is 7. The normalized spacial score (nSPS) is 13.0. The minimum absolute atomic E-state index is 0.168. The van der Waals surface area contributed by atoms with Gasteiger partial charge in [0, 0.05) is 102 Å². The van der Waals surface area contributed by atoms with E-state index in [-0.39, 0.29) is 43.3 Å². The molecule has 4 aliphatic rings. The molecule has 8 nitrogen and oxygen atoms in total. The van der Waals surface area contributed by atoms with Crippen LogP contribution in [0.4, 0.5) is 0 Å². The molecule has 0 spiro atoms. The molecule has 0 atom stereocenters. The van der Waals surface area contributed by atoms with Gasteiger partial charge in [-0.1, -0.05) is 300 Å². The number of benzene rings is 7. The molecule has 4 aliphatic heterocycles. The quantitative estimate of drug-likeness (QED) is 0.0940. The molecule has 0 aliphatic carbocycles. The summed E-state index contributed by atoms with van der Waals surface area (Å²) in [5, 5.41) is 0. The van der Waals surface area contributed by atoms with Gasteiger partial charge in [-0.2, -0.15) is 0 Å². The van der Waals surface area contributed by atoms with Gasteiger partial charge in [0.25, 0.3) is 0 Å². The number of nitrogens with one attached hydrogen (secondary N) is 4. The molecule has 0 unspecified atom stereocenters. The molecule has 6 aromatic heterocycles. The Hall–Kier alpha value is -13.7. The van der Waals surface area contributed by atoms with Crippen LogP contribution in [0.2, 0.25) is 0 Å². The topological polar surface area (TPSA) is 115 Å².